The number of benzene rings is 2. The minimum Gasteiger partial charge on any atom is -0.348 e. The van der Waals surface area contributed by atoms with Crippen LogP contribution in [0, 0.1) is 5.92 Å². The number of likely N-dealkylation sites (N-methyl/N-ethyl adjacent to an activating group) is 1. The van der Waals surface area contributed by atoms with Crippen LogP contribution in [0.5, 0.6) is 0 Å². The molecule has 0 saturated carbocycles. The fraction of sp³-hybridized carbons (Fsp3) is 0.318. The molecule has 0 N–H and O–H groups in total. The van der Waals surface area contributed by atoms with Crippen LogP contribution in [0.1, 0.15) is 24.7 Å². The van der Waals surface area contributed by atoms with Crippen LogP contribution in [0.25, 0.3) is 10.9 Å². The van der Waals surface area contributed by atoms with E-state index in [-0.39, 0.29) is 17.4 Å². The molecule has 0 unspecified atom stereocenters. The molecule has 1 heterocycles. The van der Waals surface area contributed by atoms with Crippen LogP contribution < -0.4 is 5.56 Å². The quantitative estimate of drug-likeness (QED) is 0.468. The molecule has 28 heavy (non-hydrogen) atoms. The van der Waals surface area contributed by atoms with Gasteiger partial charge in [-0.15, -0.1) is 0 Å². The Hall–Kier alpha value is -2.60. The Bertz CT molecular complexity index is 1030. The number of aromatic nitrogens is 2. The molecule has 0 aliphatic carbocycles. The zero-order valence-electron chi connectivity index (χ0n) is 16.6. The zero-order valence-corrected chi connectivity index (χ0v) is 17.4. The third kappa shape index (κ3) is 4.28. The van der Waals surface area contributed by atoms with Crippen molar-refractivity contribution in [1.82, 2.24) is 14.5 Å². The van der Waals surface area contributed by atoms with Crippen LogP contribution in [0.4, 0.5) is 0 Å². The van der Waals surface area contributed by atoms with E-state index in [1.54, 1.807) is 29.6 Å². The van der Waals surface area contributed by atoms with E-state index >= 15 is 0 Å². The second-order valence-electron chi connectivity index (χ2n) is 7.36. The second kappa shape index (κ2) is 8.61. The van der Waals surface area contributed by atoms with E-state index in [9.17, 15) is 9.59 Å². The summed E-state index contributed by atoms with van der Waals surface area (Å²) >= 11 is 1.34. The van der Waals surface area contributed by atoms with Gasteiger partial charge in [-0.1, -0.05) is 68.1 Å². The molecule has 0 saturated heterocycles. The van der Waals surface area contributed by atoms with Gasteiger partial charge in [0.05, 0.1) is 10.9 Å². The summed E-state index contributed by atoms with van der Waals surface area (Å²) in [6.45, 7) is 4.68. The van der Waals surface area contributed by atoms with Gasteiger partial charge in [-0.3, -0.25) is 14.2 Å². The van der Waals surface area contributed by atoms with Gasteiger partial charge in [0, 0.05) is 20.6 Å². The van der Waals surface area contributed by atoms with Gasteiger partial charge in [-0.05, 0) is 23.6 Å². The van der Waals surface area contributed by atoms with E-state index in [2.05, 4.69) is 13.8 Å². The summed E-state index contributed by atoms with van der Waals surface area (Å²) in [5, 5.41) is 0.701. The average Bonchev–Trinajstić information content (AvgIpc) is 2.68. The van der Waals surface area contributed by atoms with Crippen LogP contribution in [0.15, 0.2) is 64.5 Å². The van der Waals surface area contributed by atoms with Crippen LogP contribution in [0.2, 0.25) is 0 Å². The summed E-state index contributed by atoms with van der Waals surface area (Å²) in [6, 6.07) is 17.0. The fourth-order valence-electron chi connectivity index (χ4n) is 2.99. The minimum atomic E-state index is -0.470. The van der Waals surface area contributed by atoms with Crippen molar-refractivity contribution >= 4 is 28.6 Å². The van der Waals surface area contributed by atoms with Crippen molar-refractivity contribution in [3.63, 3.8) is 0 Å². The Labute approximate surface area is 169 Å². The largest absolute Gasteiger partial charge is 0.348 e. The number of hydrogen-bond donors (Lipinski definition) is 0. The number of amides is 1. The Balaban J connectivity index is 2.14. The van der Waals surface area contributed by atoms with Crippen molar-refractivity contribution in [2.24, 2.45) is 5.92 Å². The first-order valence-corrected chi connectivity index (χ1v) is 10.2. The van der Waals surface area contributed by atoms with Crippen LogP contribution in [-0.2, 0) is 11.3 Å². The molecule has 0 radical (unpaired) electrons. The lowest BCUT2D eigenvalue weighted by atomic mass is 10.1. The van der Waals surface area contributed by atoms with E-state index in [0.29, 0.717) is 22.6 Å². The maximum atomic E-state index is 13.1. The van der Waals surface area contributed by atoms with E-state index in [1.807, 2.05) is 48.5 Å². The highest BCUT2D eigenvalue weighted by molar-refractivity contribution is 8.00. The third-order valence-corrected chi connectivity index (χ3v) is 5.60. The van der Waals surface area contributed by atoms with Crippen molar-refractivity contribution in [3.05, 3.63) is 70.5 Å². The SMILES string of the molecule is CC(C)Cn1c(S[C@@H](C(=O)N(C)C)c2ccccc2)nc2ccccc2c1=O. The number of carbonyl (C=O) groups excluding carboxylic acids is 1. The monoisotopic (exact) mass is 395 g/mol. The van der Waals surface area contributed by atoms with Crippen LogP contribution in [0.3, 0.4) is 0 Å². The van der Waals surface area contributed by atoms with Gasteiger partial charge < -0.3 is 4.90 Å². The van der Waals surface area contributed by atoms with Crippen molar-refractivity contribution in [2.75, 3.05) is 14.1 Å². The molecule has 0 spiro atoms. The van der Waals surface area contributed by atoms with Gasteiger partial charge in [0.15, 0.2) is 5.16 Å². The summed E-state index contributed by atoms with van der Waals surface area (Å²) < 4.78 is 1.70. The highest BCUT2D eigenvalue weighted by Crippen LogP contribution is 2.35. The predicted octanol–water partition coefficient (Wildman–Crippen LogP) is 3.97. The third-order valence-electron chi connectivity index (χ3n) is 4.36. The number of para-hydroxylation sites is 1. The minimum absolute atomic E-state index is 0.0327. The summed E-state index contributed by atoms with van der Waals surface area (Å²) in [7, 11) is 3.49. The molecule has 3 aromatic rings. The maximum absolute atomic E-state index is 13.1. The standard InChI is InChI=1S/C22H25N3O2S/c1-15(2)14-25-20(26)17-12-8-9-13-18(17)23-22(25)28-19(21(27)24(3)4)16-10-6-5-7-11-16/h5-13,15,19H,14H2,1-4H3/t19-/m1/s1. The van der Waals surface area contributed by atoms with Crippen LogP contribution >= 0.6 is 11.8 Å². The smallest absolute Gasteiger partial charge is 0.262 e. The van der Waals surface area contributed by atoms with Gasteiger partial charge in [0.25, 0.3) is 5.56 Å². The van der Waals surface area contributed by atoms with Gasteiger partial charge in [0.1, 0.15) is 5.25 Å². The predicted molar refractivity (Wildman–Crippen MR) is 115 cm³/mol. The summed E-state index contributed by atoms with van der Waals surface area (Å²) in [6.07, 6.45) is 0. The molecule has 146 valence electrons. The molecular formula is C22H25N3O2S. The van der Waals surface area contributed by atoms with Crippen molar-refractivity contribution in [2.45, 2.75) is 30.8 Å². The number of fused-ring (bicyclic) bond motifs is 1. The lowest BCUT2D eigenvalue weighted by Crippen LogP contribution is -2.29. The first-order chi connectivity index (χ1) is 13.4. The van der Waals surface area contributed by atoms with Gasteiger partial charge in [0.2, 0.25) is 5.91 Å². The summed E-state index contributed by atoms with van der Waals surface area (Å²) in [4.78, 5) is 32.4. The van der Waals surface area contributed by atoms with E-state index in [4.69, 9.17) is 4.98 Å². The number of thioether (sulfide) groups is 1. The maximum Gasteiger partial charge on any atom is 0.262 e. The number of hydrogen-bond acceptors (Lipinski definition) is 4. The number of carbonyl (C=O) groups is 1. The Morgan fingerprint density at radius 2 is 1.71 bits per heavy atom. The highest BCUT2D eigenvalue weighted by atomic mass is 32.2. The zero-order chi connectivity index (χ0) is 20.3. The molecule has 1 atom stereocenters. The van der Waals surface area contributed by atoms with Gasteiger partial charge >= 0.3 is 0 Å². The first-order valence-electron chi connectivity index (χ1n) is 9.31. The van der Waals surface area contributed by atoms with Gasteiger partial charge in [-0.25, -0.2) is 4.98 Å². The lowest BCUT2D eigenvalue weighted by molar-refractivity contribution is -0.128. The molecule has 6 heteroatoms. The van der Waals surface area contributed by atoms with Gasteiger partial charge in [-0.2, -0.15) is 0 Å². The summed E-state index contributed by atoms with van der Waals surface area (Å²) in [5.74, 6) is 0.245. The van der Waals surface area contributed by atoms with E-state index in [0.717, 1.165) is 5.56 Å². The van der Waals surface area contributed by atoms with Crippen LogP contribution in [-0.4, -0.2) is 34.5 Å². The average molecular weight is 396 g/mol. The Kier molecular flexibility index (Phi) is 6.19. The molecule has 3 rings (SSSR count). The van der Waals surface area contributed by atoms with E-state index < -0.39 is 5.25 Å². The molecule has 2 aromatic carbocycles. The number of nitrogens with zero attached hydrogens (tertiary/aromatic N) is 3. The van der Waals surface area contributed by atoms with Crippen molar-refractivity contribution < 1.29 is 4.79 Å². The fourth-order valence-corrected chi connectivity index (χ4v) is 4.24. The molecule has 1 amide bonds. The van der Waals surface area contributed by atoms with Crippen molar-refractivity contribution in [3.8, 4) is 0 Å². The normalized spacial score (nSPS) is 12.3. The molecule has 0 fully saturated rings. The molecule has 5 nitrogen and oxygen atoms in total. The topological polar surface area (TPSA) is 55.2 Å². The first kappa shape index (κ1) is 20.1. The molecule has 1 aromatic heterocycles. The van der Waals surface area contributed by atoms with E-state index in [1.165, 1.54) is 11.8 Å². The molecule has 0 bridgehead atoms. The molecule has 0 aliphatic rings. The second-order valence-corrected chi connectivity index (χ2v) is 8.43. The lowest BCUT2D eigenvalue weighted by Gasteiger charge is -2.22. The van der Waals surface area contributed by atoms with Crippen molar-refractivity contribution in [1.29, 1.82) is 0 Å². The molecule has 0 aliphatic heterocycles. The highest BCUT2D eigenvalue weighted by Gasteiger charge is 2.26. The Morgan fingerprint density at radius 3 is 2.36 bits per heavy atom. The molecular weight excluding hydrogens is 370 g/mol. The Morgan fingerprint density at radius 1 is 1.07 bits per heavy atom. The summed E-state index contributed by atoms with van der Waals surface area (Å²) in [5.41, 5.74) is 1.48. The number of rotatable bonds is 6.